The number of likely N-dealkylation sites (tertiary alicyclic amines) is 1. The SMILES string of the molecule is NCC1CCCN1Cc1ccc(C(N)=O)cc1. The Morgan fingerprint density at radius 3 is 2.65 bits per heavy atom. The third-order valence-electron chi connectivity index (χ3n) is 3.40. The van der Waals surface area contributed by atoms with E-state index in [0.717, 1.165) is 19.6 Å². The van der Waals surface area contributed by atoms with Crippen LogP contribution in [0.1, 0.15) is 28.8 Å². The number of amides is 1. The van der Waals surface area contributed by atoms with Gasteiger partial charge in [0.1, 0.15) is 0 Å². The molecule has 1 saturated heterocycles. The van der Waals surface area contributed by atoms with Gasteiger partial charge in [-0.25, -0.2) is 0 Å². The van der Waals surface area contributed by atoms with E-state index in [1.54, 1.807) is 12.1 Å². The van der Waals surface area contributed by atoms with E-state index in [-0.39, 0.29) is 5.91 Å². The third kappa shape index (κ3) is 2.84. The Morgan fingerprint density at radius 1 is 1.35 bits per heavy atom. The Labute approximate surface area is 102 Å². The quantitative estimate of drug-likeness (QED) is 0.804. The van der Waals surface area contributed by atoms with Gasteiger partial charge in [-0.05, 0) is 37.1 Å². The summed E-state index contributed by atoms with van der Waals surface area (Å²) in [5.41, 5.74) is 12.7. The highest BCUT2D eigenvalue weighted by Crippen LogP contribution is 2.19. The molecule has 4 N–H and O–H groups in total. The minimum absolute atomic E-state index is 0.377. The number of hydrogen-bond acceptors (Lipinski definition) is 3. The number of rotatable bonds is 4. The zero-order valence-electron chi connectivity index (χ0n) is 9.93. The van der Waals surface area contributed by atoms with Crippen LogP contribution in [0.15, 0.2) is 24.3 Å². The van der Waals surface area contributed by atoms with Crippen LogP contribution in [0.4, 0.5) is 0 Å². The van der Waals surface area contributed by atoms with Gasteiger partial charge >= 0.3 is 0 Å². The Kier molecular flexibility index (Phi) is 3.76. The topological polar surface area (TPSA) is 72.3 Å². The Morgan fingerprint density at radius 2 is 2.06 bits per heavy atom. The molecular formula is C13H19N3O. The van der Waals surface area contributed by atoms with Gasteiger partial charge in [-0.15, -0.1) is 0 Å². The second-order valence-corrected chi connectivity index (χ2v) is 4.56. The van der Waals surface area contributed by atoms with Crippen LogP contribution in [-0.2, 0) is 6.54 Å². The maximum atomic E-state index is 11.0. The van der Waals surface area contributed by atoms with Crippen molar-refractivity contribution >= 4 is 5.91 Å². The highest BCUT2D eigenvalue weighted by atomic mass is 16.1. The largest absolute Gasteiger partial charge is 0.366 e. The van der Waals surface area contributed by atoms with Crippen LogP contribution in [-0.4, -0.2) is 29.9 Å². The van der Waals surface area contributed by atoms with Gasteiger partial charge in [0.15, 0.2) is 0 Å². The Balaban J connectivity index is 2.01. The second kappa shape index (κ2) is 5.29. The summed E-state index contributed by atoms with van der Waals surface area (Å²) in [5, 5.41) is 0. The number of benzene rings is 1. The summed E-state index contributed by atoms with van der Waals surface area (Å²) in [6, 6.07) is 8.00. The van der Waals surface area contributed by atoms with Crippen molar-refractivity contribution in [2.75, 3.05) is 13.1 Å². The molecule has 1 fully saturated rings. The molecule has 1 amide bonds. The van der Waals surface area contributed by atoms with E-state index >= 15 is 0 Å². The van der Waals surface area contributed by atoms with Crippen LogP contribution >= 0.6 is 0 Å². The summed E-state index contributed by atoms with van der Waals surface area (Å²) in [4.78, 5) is 13.4. The van der Waals surface area contributed by atoms with Crippen LogP contribution in [0, 0.1) is 0 Å². The molecule has 1 aromatic rings. The molecule has 1 atom stereocenters. The van der Waals surface area contributed by atoms with E-state index in [4.69, 9.17) is 11.5 Å². The van der Waals surface area contributed by atoms with Crippen LogP contribution in [0.25, 0.3) is 0 Å². The molecule has 0 aromatic heterocycles. The normalized spacial score (nSPS) is 20.6. The standard InChI is InChI=1S/C13H19N3O/c14-8-12-2-1-7-16(12)9-10-3-5-11(6-4-10)13(15)17/h3-6,12H,1-2,7-9,14H2,(H2,15,17). The van der Waals surface area contributed by atoms with Crippen molar-refractivity contribution in [1.82, 2.24) is 4.90 Å². The minimum Gasteiger partial charge on any atom is -0.366 e. The van der Waals surface area contributed by atoms with Crippen molar-refractivity contribution < 1.29 is 4.79 Å². The first-order valence-electron chi connectivity index (χ1n) is 6.03. The first-order valence-corrected chi connectivity index (χ1v) is 6.03. The molecule has 0 radical (unpaired) electrons. The minimum atomic E-state index is -0.377. The highest BCUT2D eigenvalue weighted by molar-refractivity contribution is 5.92. The molecule has 0 bridgehead atoms. The van der Waals surface area contributed by atoms with E-state index in [2.05, 4.69) is 4.90 Å². The van der Waals surface area contributed by atoms with Crippen molar-refractivity contribution in [3.8, 4) is 0 Å². The van der Waals surface area contributed by atoms with Gasteiger partial charge in [-0.3, -0.25) is 9.69 Å². The lowest BCUT2D eigenvalue weighted by Crippen LogP contribution is -2.34. The lowest BCUT2D eigenvalue weighted by molar-refractivity contribution is 0.100. The molecule has 92 valence electrons. The van der Waals surface area contributed by atoms with Crippen LogP contribution in [0.2, 0.25) is 0 Å². The monoisotopic (exact) mass is 233 g/mol. The van der Waals surface area contributed by atoms with E-state index in [0.29, 0.717) is 11.6 Å². The van der Waals surface area contributed by atoms with Gasteiger partial charge in [0, 0.05) is 24.7 Å². The fourth-order valence-electron chi connectivity index (χ4n) is 2.38. The zero-order valence-corrected chi connectivity index (χ0v) is 9.93. The van der Waals surface area contributed by atoms with E-state index in [1.807, 2.05) is 12.1 Å². The van der Waals surface area contributed by atoms with Crippen molar-refractivity contribution in [3.05, 3.63) is 35.4 Å². The van der Waals surface area contributed by atoms with E-state index in [1.165, 1.54) is 18.4 Å². The number of hydrogen-bond donors (Lipinski definition) is 2. The molecule has 0 saturated carbocycles. The van der Waals surface area contributed by atoms with E-state index < -0.39 is 0 Å². The summed E-state index contributed by atoms with van der Waals surface area (Å²) < 4.78 is 0. The molecular weight excluding hydrogens is 214 g/mol. The second-order valence-electron chi connectivity index (χ2n) is 4.56. The number of primary amides is 1. The predicted octanol–water partition coefficient (Wildman–Crippen LogP) is 0.709. The lowest BCUT2D eigenvalue weighted by Gasteiger charge is -2.23. The first kappa shape index (κ1) is 12.1. The van der Waals surface area contributed by atoms with Gasteiger partial charge in [0.25, 0.3) is 0 Å². The maximum absolute atomic E-state index is 11.0. The van der Waals surface area contributed by atoms with Crippen LogP contribution in [0.3, 0.4) is 0 Å². The third-order valence-corrected chi connectivity index (χ3v) is 3.40. The van der Waals surface area contributed by atoms with Gasteiger partial charge in [-0.1, -0.05) is 12.1 Å². The number of nitrogens with zero attached hydrogens (tertiary/aromatic N) is 1. The van der Waals surface area contributed by atoms with E-state index in [9.17, 15) is 4.79 Å². The van der Waals surface area contributed by atoms with Gasteiger partial charge in [0.05, 0.1) is 0 Å². The van der Waals surface area contributed by atoms with Crippen molar-refractivity contribution in [1.29, 1.82) is 0 Å². The van der Waals surface area contributed by atoms with Crippen molar-refractivity contribution in [3.63, 3.8) is 0 Å². The molecule has 0 spiro atoms. The fraction of sp³-hybridized carbons (Fsp3) is 0.462. The van der Waals surface area contributed by atoms with Crippen LogP contribution in [0.5, 0.6) is 0 Å². The summed E-state index contributed by atoms with van der Waals surface area (Å²) in [5.74, 6) is -0.377. The number of carbonyl (C=O) groups excluding carboxylic acids is 1. The Bertz CT molecular complexity index is 388. The molecule has 1 heterocycles. The Hall–Kier alpha value is -1.39. The van der Waals surface area contributed by atoms with Gasteiger partial charge in [-0.2, -0.15) is 0 Å². The number of nitrogens with two attached hydrogens (primary N) is 2. The first-order chi connectivity index (χ1) is 8.20. The summed E-state index contributed by atoms with van der Waals surface area (Å²) in [6.07, 6.45) is 2.41. The molecule has 1 unspecified atom stereocenters. The van der Waals surface area contributed by atoms with Gasteiger partial charge in [0.2, 0.25) is 5.91 Å². The molecule has 0 aliphatic carbocycles. The molecule has 1 aromatic carbocycles. The molecule has 4 nitrogen and oxygen atoms in total. The summed E-state index contributed by atoms with van der Waals surface area (Å²) in [7, 11) is 0. The smallest absolute Gasteiger partial charge is 0.248 e. The average molecular weight is 233 g/mol. The maximum Gasteiger partial charge on any atom is 0.248 e. The van der Waals surface area contributed by atoms with Crippen LogP contribution < -0.4 is 11.5 Å². The number of carbonyl (C=O) groups is 1. The molecule has 4 heteroatoms. The zero-order chi connectivity index (χ0) is 12.3. The van der Waals surface area contributed by atoms with Crippen molar-refractivity contribution in [2.24, 2.45) is 11.5 Å². The van der Waals surface area contributed by atoms with Crippen molar-refractivity contribution in [2.45, 2.75) is 25.4 Å². The lowest BCUT2D eigenvalue weighted by atomic mass is 10.1. The summed E-state index contributed by atoms with van der Waals surface area (Å²) >= 11 is 0. The average Bonchev–Trinajstić information content (AvgIpc) is 2.77. The highest BCUT2D eigenvalue weighted by Gasteiger charge is 2.22. The molecule has 2 rings (SSSR count). The molecule has 1 aliphatic heterocycles. The molecule has 1 aliphatic rings. The fourth-order valence-corrected chi connectivity index (χ4v) is 2.38. The summed E-state index contributed by atoms with van der Waals surface area (Å²) in [6.45, 7) is 2.74. The van der Waals surface area contributed by atoms with Gasteiger partial charge < -0.3 is 11.5 Å². The predicted molar refractivity (Wildman–Crippen MR) is 67.4 cm³/mol. The molecule has 17 heavy (non-hydrogen) atoms.